The summed E-state index contributed by atoms with van der Waals surface area (Å²) >= 11 is 0. The number of nitrogens with zero attached hydrogens (tertiary/aromatic N) is 3. The molecule has 41 heavy (non-hydrogen) atoms. The molecule has 2 aromatic heterocycles. The molecule has 0 amide bonds. The van der Waals surface area contributed by atoms with Crippen molar-refractivity contribution in [3.05, 3.63) is 152 Å². The van der Waals surface area contributed by atoms with Crippen molar-refractivity contribution >= 4 is 32.7 Å². The molecule has 3 heteroatoms. The van der Waals surface area contributed by atoms with Gasteiger partial charge in [0.1, 0.15) is 6.33 Å². The number of rotatable bonds is 4. The molecule has 0 radical (unpaired) electrons. The summed E-state index contributed by atoms with van der Waals surface area (Å²) in [5, 5.41) is 3.60. The number of aromatic nitrogens is 3. The summed E-state index contributed by atoms with van der Waals surface area (Å²) in [6.45, 7) is 0. The standard InChI is InChI=1S/C38H25N3/c1-2-8-28(9-3-1)32-23-22-31(35-24-39-25-40-38(32)35)29-16-14-26(15-17-29)27-18-20-30(21-19-27)41-36-12-6-4-10-33(36)34-11-5-7-13-37(34)41/h1-25H. The van der Waals surface area contributed by atoms with E-state index in [1.54, 1.807) is 6.33 Å². The third-order valence-corrected chi connectivity index (χ3v) is 7.99. The number of hydrogen-bond donors (Lipinski definition) is 0. The average molecular weight is 524 g/mol. The summed E-state index contributed by atoms with van der Waals surface area (Å²) in [5.74, 6) is 0. The summed E-state index contributed by atoms with van der Waals surface area (Å²) in [6.07, 6.45) is 3.55. The molecule has 192 valence electrons. The number of fused-ring (bicyclic) bond motifs is 4. The van der Waals surface area contributed by atoms with Crippen molar-refractivity contribution in [2.45, 2.75) is 0 Å². The molecule has 8 rings (SSSR count). The van der Waals surface area contributed by atoms with E-state index < -0.39 is 0 Å². The van der Waals surface area contributed by atoms with Crippen molar-refractivity contribution in [3.63, 3.8) is 0 Å². The summed E-state index contributed by atoms with van der Waals surface area (Å²) in [7, 11) is 0. The van der Waals surface area contributed by atoms with E-state index in [9.17, 15) is 0 Å². The quantitative estimate of drug-likeness (QED) is 0.230. The van der Waals surface area contributed by atoms with Gasteiger partial charge in [-0.05, 0) is 52.1 Å². The minimum atomic E-state index is 0.966. The van der Waals surface area contributed by atoms with E-state index in [4.69, 9.17) is 0 Å². The first-order valence-electron chi connectivity index (χ1n) is 13.8. The van der Waals surface area contributed by atoms with Gasteiger partial charge >= 0.3 is 0 Å². The zero-order valence-electron chi connectivity index (χ0n) is 22.3. The molecule has 0 atom stereocenters. The lowest BCUT2D eigenvalue weighted by atomic mass is 9.94. The summed E-state index contributed by atoms with van der Waals surface area (Å²) in [4.78, 5) is 9.02. The van der Waals surface area contributed by atoms with Crippen molar-refractivity contribution in [3.8, 4) is 39.1 Å². The monoisotopic (exact) mass is 523 g/mol. The first-order valence-corrected chi connectivity index (χ1v) is 13.8. The maximum Gasteiger partial charge on any atom is 0.116 e. The van der Waals surface area contributed by atoms with Crippen LogP contribution in [-0.4, -0.2) is 14.5 Å². The topological polar surface area (TPSA) is 30.7 Å². The molecule has 2 heterocycles. The van der Waals surface area contributed by atoms with Crippen LogP contribution in [0.4, 0.5) is 0 Å². The molecule has 0 spiro atoms. The van der Waals surface area contributed by atoms with Crippen LogP contribution in [0.2, 0.25) is 0 Å². The first-order chi connectivity index (χ1) is 20.3. The minimum Gasteiger partial charge on any atom is -0.309 e. The van der Waals surface area contributed by atoms with Gasteiger partial charge in [-0.2, -0.15) is 0 Å². The number of hydrogen-bond acceptors (Lipinski definition) is 2. The predicted molar refractivity (Wildman–Crippen MR) is 170 cm³/mol. The van der Waals surface area contributed by atoms with Crippen LogP contribution in [0, 0.1) is 0 Å². The molecule has 0 aliphatic carbocycles. The second-order valence-corrected chi connectivity index (χ2v) is 10.3. The third-order valence-electron chi connectivity index (χ3n) is 7.99. The van der Waals surface area contributed by atoms with Gasteiger partial charge in [0, 0.05) is 33.6 Å². The highest BCUT2D eigenvalue weighted by Crippen LogP contribution is 2.36. The van der Waals surface area contributed by atoms with E-state index in [1.165, 1.54) is 32.9 Å². The highest BCUT2D eigenvalue weighted by atomic mass is 15.0. The van der Waals surface area contributed by atoms with E-state index in [2.05, 4.69) is 148 Å². The van der Waals surface area contributed by atoms with Crippen LogP contribution in [0.15, 0.2) is 152 Å². The summed E-state index contributed by atoms with van der Waals surface area (Å²) in [6, 6.07) is 49.6. The smallest absolute Gasteiger partial charge is 0.116 e. The number of benzene rings is 6. The lowest BCUT2D eigenvalue weighted by Crippen LogP contribution is -1.93. The zero-order valence-corrected chi connectivity index (χ0v) is 22.3. The highest BCUT2D eigenvalue weighted by molar-refractivity contribution is 6.09. The van der Waals surface area contributed by atoms with Crippen LogP contribution in [0.3, 0.4) is 0 Å². The molecule has 0 fully saturated rings. The van der Waals surface area contributed by atoms with Gasteiger partial charge in [0.05, 0.1) is 16.6 Å². The predicted octanol–water partition coefficient (Wildman–Crippen LogP) is 9.73. The van der Waals surface area contributed by atoms with Crippen LogP contribution in [0.1, 0.15) is 0 Å². The van der Waals surface area contributed by atoms with Gasteiger partial charge in [0.15, 0.2) is 0 Å². The molecule has 0 saturated heterocycles. The molecule has 0 N–H and O–H groups in total. The van der Waals surface area contributed by atoms with Crippen molar-refractivity contribution in [2.24, 2.45) is 0 Å². The SMILES string of the molecule is c1ccc(-c2ccc(-c3ccc(-c4ccc(-n5c6ccccc6c6ccccc65)cc4)cc3)c3cncnc23)cc1. The maximum atomic E-state index is 4.66. The molecular weight excluding hydrogens is 498 g/mol. The van der Waals surface area contributed by atoms with Crippen LogP contribution in [0.25, 0.3) is 71.8 Å². The average Bonchev–Trinajstić information content (AvgIpc) is 3.39. The Morgan fingerprint density at radius 1 is 0.415 bits per heavy atom. The van der Waals surface area contributed by atoms with Crippen LogP contribution < -0.4 is 0 Å². The van der Waals surface area contributed by atoms with E-state index in [0.717, 1.165) is 38.8 Å². The van der Waals surface area contributed by atoms with Gasteiger partial charge in [0.25, 0.3) is 0 Å². The van der Waals surface area contributed by atoms with E-state index in [1.807, 2.05) is 12.3 Å². The third kappa shape index (κ3) is 3.90. The fourth-order valence-electron chi connectivity index (χ4n) is 6.03. The largest absolute Gasteiger partial charge is 0.309 e. The molecule has 0 aliphatic heterocycles. The maximum absolute atomic E-state index is 4.66. The molecule has 8 aromatic rings. The van der Waals surface area contributed by atoms with Crippen molar-refractivity contribution < 1.29 is 0 Å². The molecule has 0 saturated carbocycles. The van der Waals surface area contributed by atoms with Gasteiger partial charge in [0.2, 0.25) is 0 Å². The fourth-order valence-corrected chi connectivity index (χ4v) is 6.03. The van der Waals surface area contributed by atoms with Crippen LogP contribution >= 0.6 is 0 Å². The summed E-state index contributed by atoms with van der Waals surface area (Å²) < 4.78 is 2.35. The van der Waals surface area contributed by atoms with Crippen molar-refractivity contribution in [1.82, 2.24) is 14.5 Å². The molecular formula is C38H25N3. The van der Waals surface area contributed by atoms with Gasteiger partial charge in [-0.1, -0.05) is 115 Å². The normalized spacial score (nSPS) is 11.4. The Labute approximate surface area is 238 Å². The molecule has 0 unspecified atom stereocenters. The van der Waals surface area contributed by atoms with E-state index in [0.29, 0.717) is 0 Å². The Morgan fingerprint density at radius 2 is 0.951 bits per heavy atom. The fraction of sp³-hybridized carbons (Fsp3) is 0. The van der Waals surface area contributed by atoms with E-state index in [-0.39, 0.29) is 0 Å². The van der Waals surface area contributed by atoms with Crippen molar-refractivity contribution in [2.75, 3.05) is 0 Å². The molecule has 0 bridgehead atoms. The molecule has 0 aliphatic rings. The lowest BCUT2D eigenvalue weighted by Gasteiger charge is -2.12. The Bertz CT molecular complexity index is 2120. The Kier molecular flexibility index (Phi) is 5.46. The number of para-hydroxylation sites is 2. The highest BCUT2D eigenvalue weighted by Gasteiger charge is 2.13. The first kappa shape index (κ1) is 23.4. The zero-order chi connectivity index (χ0) is 27.2. The van der Waals surface area contributed by atoms with Crippen LogP contribution in [0.5, 0.6) is 0 Å². The van der Waals surface area contributed by atoms with Gasteiger partial charge in [-0.3, -0.25) is 0 Å². The Morgan fingerprint density at radius 3 is 1.63 bits per heavy atom. The van der Waals surface area contributed by atoms with E-state index >= 15 is 0 Å². The minimum absolute atomic E-state index is 0.966. The second-order valence-electron chi connectivity index (χ2n) is 10.3. The molecule has 3 nitrogen and oxygen atoms in total. The van der Waals surface area contributed by atoms with Crippen molar-refractivity contribution in [1.29, 1.82) is 0 Å². The Hall–Kier alpha value is -5.54. The van der Waals surface area contributed by atoms with Crippen LogP contribution in [-0.2, 0) is 0 Å². The van der Waals surface area contributed by atoms with Gasteiger partial charge < -0.3 is 4.57 Å². The summed E-state index contributed by atoms with van der Waals surface area (Å²) in [5.41, 5.74) is 11.5. The molecule has 6 aromatic carbocycles. The lowest BCUT2D eigenvalue weighted by molar-refractivity contribution is 1.18. The van der Waals surface area contributed by atoms with Gasteiger partial charge in [-0.15, -0.1) is 0 Å². The Balaban J connectivity index is 1.15. The second kappa shape index (κ2) is 9.58. The van der Waals surface area contributed by atoms with Gasteiger partial charge in [-0.25, -0.2) is 9.97 Å².